The first-order chi connectivity index (χ1) is 20.5. The standard InChI is InChI=1S/C34H27Cl2N3O2S/c1-41-25-14-9-21(10-15-25)31-30-26(27-19-24(36)13-16-28(27)37-30)17-18-39(31)34-38-29(20-5-3-2-4-6-20)33(42-34)32(40)22-7-11-23(35)12-8-22/h2-16,19,26,30-31,37H,17-18H2,1H3. The van der Waals surface area contributed by atoms with Gasteiger partial charge in [0, 0.05) is 39.3 Å². The van der Waals surface area contributed by atoms with Crippen molar-refractivity contribution in [3.63, 3.8) is 0 Å². The van der Waals surface area contributed by atoms with Crippen LogP contribution in [0.4, 0.5) is 10.8 Å². The number of ether oxygens (including phenoxy) is 1. The summed E-state index contributed by atoms with van der Waals surface area (Å²) in [5.74, 6) is 1.04. The van der Waals surface area contributed by atoms with Crippen LogP contribution in [0.1, 0.15) is 44.7 Å². The van der Waals surface area contributed by atoms with Gasteiger partial charge in [-0.15, -0.1) is 0 Å². The highest BCUT2D eigenvalue weighted by Gasteiger charge is 2.45. The second kappa shape index (κ2) is 11.1. The van der Waals surface area contributed by atoms with Crippen LogP contribution in [0.5, 0.6) is 5.75 Å². The number of carbonyl (C=O) groups is 1. The molecule has 8 heteroatoms. The number of benzene rings is 4. The highest BCUT2D eigenvalue weighted by molar-refractivity contribution is 7.18. The molecule has 1 saturated heterocycles. The lowest BCUT2D eigenvalue weighted by Crippen LogP contribution is -2.46. The van der Waals surface area contributed by atoms with E-state index in [0.29, 0.717) is 27.1 Å². The van der Waals surface area contributed by atoms with E-state index in [-0.39, 0.29) is 17.9 Å². The Bertz CT molecular complexity index is 1760. The van der Waals surface area contributed by atoms with Crippen LogP contribution in [-0.4, -0.2) is 30.5 Å². The molecule has 0 saturated carbocycles. The van der Waals surface area contributed by atoms with Gasteiger partial charge in [-0.3, -0.25) is 4.79 Å². The van der Waals surface area contributed by atoms with Gasteiger partial charge < -0.3 is 15.0 Å². The molecule has 0 spiro atoms. The highest BCUT2D eigenvalue weighted by Crippen LogP contribution is 2.51. The number of anilines is 2. The van der Waals surface area contributed by atoms with Crippen LogP contribution >= 0.6 is 34.5 Å². The molecule has 5 aromatic rings. The summed E-state index contributed by atoms with van der Waals surface area (Å²) in [5, 5.41) is 5.98. The fraction of sp³-hybridized carbons (Fsp3) is 0.176. The Morgan fingerprint density at radius 2 is 1.69 bits per heavy atom. The second-order valence-corrected chi connectivity index (χ2v) is 12.4. The van der Waals surface area contributed by atoms with Crippen molar-refractivity contribution in [2.75, 3.05) is 23.9 Å². The Morgan fingerprint density at radius 3 is 2.43 bits per heavy atom. The first-order valence-electron chi connectivity index (χ1n) is 13.8. The number of fused-ring (bicyclic) bond motifs is 3. The summed E-state index contributed by atoms with van der Waals surface area (Å²) in [5.41, 5.74) is 5.72. The van der Waals surface area contributed by atoms with Crippen molar-refractivity contribution in [3.8, 4) is 17.0 Å². The lowest BCUT2D eigenvalue weighted by Gasteiger charge is -2.43. The molecular weight excluding hydrogens is 585 g/mol. The van der Waals surface area contributed by atoms with E-state index < -0.39 is 0 Å². The van der Waals surface area contributed by atoms with Gasteiger partial charge in [0.25, 0.3) is 0 Å². The van der Waals surface area contributed by atoms with Gasteiger partial charge >= 0.3 is 0 Å². The van der Waals surface area contributed by atoms with E-state index >= 15 is 0 Å². The summed E-state index contributed by atoms with van der Waals surface area (Å²) in [4.78, 5) is 22.1. The molecule has 0 radical (unpaired) electrons. The molecule has 2 aliphatic heterocycles. The average molecular weight is 613 g/mol. The van der Waals surface area contributed by atoms with Crippen LogP contribution in [0, 0.1) is 0 Å². The maximum atomic E-state index is 13.9. The van der Waals surface area contributed by atoms with Gasteiger partial charge in [-0.25, -0.2) is 4.98 Å². The molecule has 1 fully saturated rings. The Labute approximate surface area is 258 Å². The number of rotatable bonds is 6. The fourth-order valence-electron chi connectivity index (χ4n) is 6.20. The molecule has 0 amide bonds. The number of thiazole rings is 1. The molecule has 1 aromatic heterocycles. The third kappa shape index (κ3) is 4.83. The van der Waals surface area contributed by atoms with Crippen LogP contribution in [-0.2, 0) is 0 Å². The quantitative estimate of drug-likeness (QED) is 0.194. The molecule has 2 aliphatic rings. The topological polar surface area (TPSA) is 54.5 Å². The number of methoxy groups -OCH3 is 1. The molecule has 0 aliphatic carbocycles. The van der Waals surface area contributed by atoms with Crippen LogP contribution in [0.25, 0.3) is 11.3 Å². The zero-order valence-corrected chi connectivity index (χ0v) is 25.1. The van der Waals surface area contributed by atoms with Crippen LogP contribution < -0.4 is 15.0 Å². The molecule has 210 valence electrons. The molecule has 1 N–H and O–H groups in total. The third-order valence-electron chi connectivity index (χ3n) is 8.20. The number of halogens is 2. The summed E-state index contributed by atoms with van der Waals surface area (Å²) >= 11 is 14.0. The first-order valence-corrected chi connectivity index (χ1v) is 15.4. The predicted octanol–water partition coefficient (Wildman–Crippen LogP) is 8.89. The van der Waals surface area contributed by atoms with E-state index in [0.717, 1.165) is 45.7 Å². The van der Waals surface area contributed by atoms with Gasteiger partial charge in [-0.05, 0) is 72.1 Å². The minimum absolute atomic E-state index is 0.0333. The molecule has 5 nitrogen and oxygen atoms in total. The number of aromatic nitrogens is 1. The van der Waals surface area contributed by atoms with Crippen LogP contribution in [0.3, 0.4) is 0 Å². The predicted molar refractivity (Wildman–Crippen MR) is 172 cm³/mol. The van der Waals surface area contributed by atoms with E-state index in [2.05, 4.69) is 34.5 Å². The van der Waals surface area contributed by atoms with Crippen molar-refractivity contribution >= 4 is 51.1 Å². The smallest absolute Gasteiger partial charge is 0.205 e. The van der Waals surface area contributed by atoms with E-state index in [1.807, 2.05) is 48.5 Å². The lowest BCUT2D eigenvalue weighted by molar-refractivity contribution is 0.104. The number of nitrogens with one attached hydrogen (secondary N) is 1. The molecule has 4 aromatic carbocycles. The summed E-state index contributed by atoms with van der Waals surface area (Å²) < 4.78 is 5.46. The molecule has 3 atom stereocenters. The van der Waals surface area contributed by atoms with Crippen molar-refractivity contribution in [2.24, 2.45) is 0 Å². The molecule has 42 heavy (non-hydrogen) atoms. The zero-order valence-electron chi connectivity index (χ0n) is 22.8. The molecule has 7 rings (SSSR count). The number of nitrogens with zero attached hydrogens (tertiary/aromatic N) is 2. The van der Waals surface area contributed by atoms with Crippen molar-refractivity contribution in [3.05, 3.63) is 129 Å². The van der Waals surface area contributed by atoms with Crippen molar-refractivity contribution in [1.29, 1.82) is 0 Å². The van der Waals surface area contributed by atoms with Gasteiger partial charge in [0.15, 0.2) is 5.13 Å². The summed E-state index contributed by atoms with van der Waals surface area (Å²) in [6.45, 7) is 0.780. The minimum atomic E-state index is -0.0637. The Kier molecular flexibility index (Phi) is 7.14. The van der Waals surface area contributed by atoms with Gasteiger partial charge in [0.1, 0.15) is 10.6 Å². The second-order valence-electron chi connectivity index (χ2n) is 10.6. The zero-order chi connectivity index (χ0) is 28.8. The molecule has 3 heterocycles. The van der Waals surface area contributed by atoms with E-state index in [1.54, 1.807) is 31.4 Å². The molecule has 3 unspecified atom stereocenters. The average Bonchev–Trinajstić information content (AvgIpc) is 3.63. The lowest BCUT2D eigenvalue weighted by atomic mass is 9.81. The highest BCUT2D eigenvalue weighted by atomic mass is 35.5. The number of ketones is 1. The van der Waals surface area contributed by atoms with Gasteiger partial charge in [-0.2, -0.15) is 0 Å². The SMILES string of the molecule is COc1ccc(C2C3Nc4ccc(Cl)cc4C3CCN2c2nc(-c3ccccc3)c(C(=O)c3ccc(Cl)cc3)s2)cc1. The van der Waals surface area contributed by atoms with Crippen molar-refractivity contribution < 1.29 is 9.53 Å². The van der Waals surface area contributed by atoms with Crippen molar-refractivity contribution in [1.82, 2.24) is 4.98 Å². The van der Waals surface area contributed by atoms with E-state index in [4.69, 9.17) is 32.9 Å². The number of hydrogen-bond acceptors (Lipinski definition) is 6. The third-order valence-corrected chi connectivity index (χ3v) is 9.78. The normalized spacial score (nSPS) is 19.1. The van der Waals surface area contributed by atoms with Crippen molar-refractivity contribution in [2.45, 2.75) is 24.4 Å². The number of piperidine rings is 1. The molecule has 0 bridgehead atoms. The van der Waals surface area contributed by atoms with Gasteiger partial charge in [0.05, 0.1) is 24.9 Å². The maximum absolute atomic E-state index is 13.9. The molecular formula is C34H27Cl2N3O2S. The maximum Gasteiger partial charge on any atom is 0.205 e. The Hall–Kier alpha value is -3.84. The van der Waals surface area contributed by atoms with Crippen LogP contribution in [0.15, 0.2) is 97.1 Å². The minimum Gasteiger partial charge on any atom is -0.497 e. The van der Waals surface area contributed by atoms with Crippen LogP contribution in [0.2, 0.25) is 10.0 Å². The Morgan fingerprint density at radius 1 is 0.952 bits per heavy atom. The fourth-order valence-corrected chi connectivity index (χ4v) is 7.62. The summed E-state index contributed by atoms with van der Waals surface area (Å²) in [6.07, 6.45) is 0.929. The number of hydrogen-bond donors (Lipinski definition) is 1. The Balaban J connectivity index is 1.34. The van der Waals surface area contributed by atoms with E-state index in [9.17, 15) is 4.79 Å². The van der Waals surface area contributed by atoms with Gasteiger partial charge in [-0.1, -0.05) is 77.0 Å². The monoisotopic (exact) mass is 611 g/mol. The first kappa shape index (κ1) is 27.0. The largest absolute Gasteiger partial charge is 0.497 e. The summed E-state index contributed by atoms with van der Waals surface area (Å²) in [7, 11) is 1.68. The number of carbonyl (C=O) groups excluding carboxylic acids is 1. The van der Waals surface area contributed by atoms with E-state index in [1.165, 1.54) is 16.9 Å². The summed E-state index contributed by atoms with van der Waals surface area (Å²) in [6, 6.07) is 31.4. The van der Waals surface area contributed by atoms with Gasteiger partial charge in [0.2, 0.25) is 5.78 Å².